The van der Waals surface area contributed by atoms with Crippen molar-refractivity contribution in [3.8, 4) is 0 Å². The van der Waals surface area contributed by atoms with Crippen molar-refractivity contribution in [3.05, 3.63) is 75.8 Å². The number of rotatable bonds is 4. The molecule has 2 N–H and O–H groups in total. The Hall–Kier alpha value is -2.67. The lowest BCUT2D eigenvalue weighted by Crippen LogP contribution is -2.26. The summed E-state index contributed by atoms with van der Waals surface area (Å²) >= 11 is 0. The van der Waals surface area contributed by atoms with E-state index in [1.165, 1.54) is 6.07 Å². The maximum absolute atomic E-state index is 12.9. The van der Waals surface area contributed by atoms with E-state index < -0.39 is 11.7 Å². The summed E-state index contributed by atoms with van der Waals surface area (Å²) in [6.45, 7) is 3.57. The first-order valence-corrected chi connectivity index (χ1v) is 8.18. The first-order valence-electron chi connectivity index (χ1n) is 8.18. The molecule has 0 aliphatic carbocycles. The third-order valence-corrected chi connectivity index (χ3v) is 4.26. The predicted octanol–water partition coefficient (Wildman–Crippen LogP) is 4.35. The van der Waals surface area contributed by atoms with Crippen LogP contribution in [0.3, 0.4) is 0 Å². The molecular weight excluding hydrogens is 343 g/mol. The molecule has 1 aromatic heterocycles. The van der Waals surface area contributed by atoms with E-state index in [0.29, 0.717) is 22.3 Å². The minimum atomic E-state index is -4.38. The van der Waals surface area contributed by atoms with Crippen LogP contribution in [0, 0.1) is 0 Å². The Labute approximate surface area is 148 Å². The maximum Gasteiger partial charge on any atom is 0.416 e. The van der Waals surface area contributed by atoms with Gasteiger partial charge in [-0.1, -0.05) is 24.3 Å². The molecule has 1 heterocycles. The number of nitrogens with one attached hydrogen (secondary N) is 2. The Morgan fingerprint density at radius 3 is 2.50 bits per heavy atom. The van der Waals surface area contributed by atoms with Crippen molar-refractivity contribution in [2.45, 2.75) is 32.1 Å². The first-order chi connectivity index (χ1) is 12.3. The van der Waals surface area contributed by atoms with Crippen LogP contribution in [-0.2, 0) is 6.18 Å². The van der Waals surface area contributed by atoms with Gasteiger partial charge in [0.25, 0.3) is 5.56 Å². The van der Waals surface area contributed by atoms with Gasteiger partial charge in [0, 0.05) is 6.04 Å². The van der Waals surface area contributed by atoms with Crippen LogP contribution in [-0.4, -0.2) is 9.97 Å². The molecule has 0 saturated heterocycles. The van der Waals surface area contributed by atoms with Crippen LogP contribution in [0.15, 0.2) is 53.3 Å². The maximum atomic E-state index is 12.9. The van der Waals surface area contributed by atoms with Crippen molar-refractivity contribution in [3.63, 3.8) is 0 Å². The molecule has 0 saturated carbocycles. The van der Waals surface area contributed by atoms with Crippen molar-refractivity contribution < 1.29 is 13.2 Å². The zero-order chi connectivity index (χ0) is 18.9. The van der Waals surface area contributed by atoms with E-state index in [1.54, 1.807) is 44.2 Å². The number of hydrogen-bond donors (Lipinski definition) is 2. The van der Waals surface area contributed by atoms with Crippen LogP contribution in [0.4, 0.5) is 13.2 Å². The molecule has 136 valence electrons. The predicted molar refractivity (Wildman–Crippen MR) is 93.8 cm³/mol. The first kappa shape index (κ1) is 18.1. The van der Waals surface area contributed by atoms with Crippen LogP contribution in [0.2, 0.25) is 0 Å². The molecule has 0 bridgehead atoms. The molecule has 7 heteroatoms. The van der Waals surface area contributed by atoms with Gasteiger partial charge in [0.1, 0.15) is 5.82 Å². The Bertz CT molecular complexity index is 981. The van der Waals surface area contributed by atoms with E-state index in [-0.39, 0.29) is 17.6 Å². The van der Waals surface area contributed by atoms with Crippen LogP contribution >= 0.6 is 0 Å². The number of halogens is 3. The summed E-state index contributed by atoms with van der Waals surface area (Å²) in [6.07, 6.45) is -4.38. The van der Waals surface area contributed by atoms with Gasteiger partial charge < -0.3 is 10.3 Å². The third-order valence-electron chi connectivity index (χ3n) is 4.26. The zero-order valence-corrected chi connectivity index (χ0v) is 14.3. The smallest absolute Gasteiger partial charge is 0.309 e. The van der Waals surface area contributed by atoms with Crippen molar-refractivity contribution >= 4 is 10.9 Å². The molecule has 0 radical (unpaired) electrons. The van der Waals surface area contributed by atoms with Gasteiger partial charge in [0.15, 0.2) is 0 Å². The van der Waals surface area contributed by atoms with E-state index in [4.69, 9.17) is 0 Å². The number of para-hydroxylation sites is 1. The SMILES string of the molecule is CC(NC(C)c1nc2ccccc2c(=O)[nH]1)c1cccc(C(F)(F)F)c1. The fourth-order valence-electron chi connectivity index (χ4n) is 2.84. The molecule has 0 spiro atoms. The summed E-state index contributed by atoms with van der Waals surface area (Å²) < 4.78 is 38.6. The summed E-state index contributed by atoms with van der Waals surface area (Å²) in [7, 11) is 0. The number of nitrogens with zero attached hydrogens (tertiary/aromatic N) is 1. The molecule has 3 rings (SSSR count). The standard InChI is InChI=1S/C19H18F3N3O/c1-11(13-6-5-7-14(10-13)19(20,21)22)23-12(2)17-24-16-9-4-3-8-15(16)18(26)25-17/h3-12,23H,1-2H3,(H,24,25,26). The highest BCUT2D eigenvalue weighted by molar-refractivity contribution is 5.77. The average Bonchev–Trinajstić information content (AvgIpc) is 2.61. The third kappa shape index (κ3) is 3.77. The average molecular weight is 361 g/mol. The Kier molecular flexibility index (Phi) is 4.82. The van der Waals surface area contributed by atoms with E-state index in [9.17, 15) is 18.0 Å². The molecule has 0 fully saturated rings. The van der Waals surface area contributed by atoms with E-state index in [1.807, 2.05) is 0 Å². The summed E-state index contributed by atoms with van der Waals surface area (Å²) in [6, 6.07) is 11.5. The molecule has 26 heavy (non-hydrogen) atoms. The lowest BCUT2D eigenvalue weighted by molar-refractivity contribution is -0.137. The van der Waals surface area contributed by atoms with Crippen molar-refractivity contribution in [1.82, 2.24) is 15.3 Å². The van der Waals surface area contributed by atoms with Crippen LogP contribution in [0.1, 0.15) is 42.9 Å². The highest BCUT2D eigenvalue weighted by Gasteiger charge is 2.30. The van der Waals surface area contributed by atoms with Gasteiger partial charge >= 0.3 is 6.18 Å². The monoisotopic (exact) mass is 361 g/mol. The Morgan fingerprint density at radius 2 is 1.77 bits per heavy atom. The second kappa shape index (κ2) is 6.92. The molecular formula is C19H18F3N3O. The molecule has 2 unspecified atom stereocenters. The van der Waals surface area contributed by atoms with Gasteiger partial charge in [-0.2, -0.15) is 13.2 Å². The number of alkyl halides is 3. The second-order valence-corrected chi connectivity index (χ2v) is 6.20. The molecule has 4 nitrogen and oxygen atoms in total. The molecule has 0 aliphatic rings. The number of hydrogen-bond acceptors (Lipinski definition) is 3. The van der Waals surface area contributed by atoms with Gasteiger partial charge in [-0.15, -0.1) is 0 Å². The number of H-pyrrole nitrogens is 1. The number of aromatic amines is 1. The molecule has 2 aromatic carbocycles. The van der Waals surface area contributed by atoms with Crippen LogP contribution in [0.5, 0.6) is 0 Å². The van der Waals surface area contributed by atoms with E-state index in [0.717, 1.165) is 12.1 Å². The lowest BCUT2D eigenvalue weighted by Gasteiger charge is -2.21. The molecule has 0 amide bonds. The van der Waals surface area contributed by atoms with E-state index in [2.05, 4.69) is 15.3 Å². The number of aromatic nitrogens is 2. The minimum Gasteiger partial charge on any atom is -0.309 e. The van der Waals surface area contributed by atoms with Crippen molar-refractivity contribution in [1.29, 1.82) is 0 Å². The summed E-state index contributed by atoms with van der Waals surface area (Å²) in [5.41, 5.74) is 0.154. The van der Waals surface area contributed by atoms with Crippen LogP contribution < -0.4 is 10.9 Å². The lowest BCUT2D eigenvalue weighted by atomic mass is 10.0. The summed E-state index contributed by atoms with van der Waals surface area (Å²) in [5, 5.41) is 3.68. The topological polar surface area (TPSA) is 57.8 Å². The Balaban J connectivity index is 1.84. The van der Waals surface area contributed by atoms with Crippen molar-refractivity contribution in [2.75, 3.05) is 0 Å². The van der Waals surface area contributed by atoms with Crippen LogP contribution in [0.25, 0.3) is 10.9 Å². The fourth-order valence-corrected chi connectivity index (χ4v) is 2.84. The summed E-state index contributed by atoms with van der Waals surface area (Å²) in [5.74, 6) is 0.438. The highest BCUT2D eigenvalue weighted by Crippen LogP contribution is 2.31. The zero-order valence-electron chi connectivity index (χ0n) is 14.3. The number of fused-ring (bicyclic) bond motifs is 1. The van der Waals surface area contributed by atoms with Gasteiger partial charge in [-0.3, -0.25) is 4.79 Å². The van der Waals surface area contributed by atoms with Gasteiger partial charge in [0.05, 0.1) is 22.5 Å². The second-order valence-electron chi connectivity index (χ2n) is 6.20. The molecule has 0 aliphatic heterocycles. The Morgan fingerprint density at radius 1 is 1.04 bits per heavy atom. The quantitative estimate of drug-likeness (QED) is 0.726. The van der Waals surface area contributed by atoms with Gasteiger partial charge in [0.2, 0.25) is 0 Å². The fraction of sp³-hybridized carbons (Fsp3) is 0.263. The molecule has 3 aromatic rings. The minimum absolute atomic E-state index is 0.244. The highest BCUT2D eigenvalue weighted by atomic mass is 19.4. The summed E-state index contributed by atoms with van der Waals surface area (Å²) in [4.78, 5) is 19.3. The van der Waals surface area contributed by atoms with E-state index >= 15 is 0 Å². The van der Waals surface area contributed by atoms with Gasteiger partial charge in [-0.05, 0) is 43.7 Å². The normalized spacial score (nSPS) is 14.3. The molecule has 2 atom stereocenters. The van der Waals surface area contributed by atoms with Crippen molar-refractivity contribution in [2.24, 2.45) is 0 Å². The largest absolute Gasteiger partial charge is 0.416 e. The van der Waals surface area contributed by atoms with Gasteiger partial charge in [-0.25, -0.2) is 4.98 Å². The number of benzene rings is 2.